The number of aromatic nitrogens is 1. The molecule has 0 fully saturated rings. The Morgan fingerprint density at radius 3 is 2.18 bits per heavy atom. The summed E-state index contributed by atoms with van der Waals surface area (Å²) < 4.78 is 5.30. The summed E-state index contributed by atoms with van der Waals surface area (Å²) in [5, 5.41) is 12.8. The Hall–Kier alpha value is -3.22. The number of hydrogen-bond acceptors (Lipinski definition) is 5. The van der Waals surface area contributed by atoms with Crippen LogP contribution in [0.15, 0.2) is 60.7 Å². The topological polar surface area (TPSA) is 75.3 Å². The molecule has 0 atom stereocenters. The number of alkyl carbamates (subject to hydrolysis) is 1. The van der Waals surface area contributed by atoms with Crippen molar-refractivity contribution < 1.29 is 9.53 Å². The second kappa shape index (κ2) is 9.95. The molecular formula is C26H26Cl2N4O2. The molecule has 0 spiro atoms. The van der Waals surface area contributed by atoms with Crippen molar-refractivity contribution in [2.24, 2.45) is 0 Å². The summed E-state index contributed by atoms with van der Waals surface area (Å²) in [6.07, 6.45) is -0.448. The van der Waals surface area contributed by atoms with Crippen LogP contribution in [0.3, 0.4) is 0 Å². The molecule has 4 aromatic rings. The van der Waals surface area contributed by atoms with Crippen molar-refractivity contribution in [1.82, 2.24) is 10.3 Å². The predicted octanol–water partition coefficient (Wildman–Crippen LogP) is 7.38. The van der Waals surface area contributed by atoms with Gasteiger partial charge in [-0.2, -0.15) is 0 Å². The lowest BCUT2D eigenvalue weighted by Crippen LogP contribution is -2.35. The molecule has 0 saturated carbocycles. The SMILES string of the molecule is CC(C)(C)OC(=O)NCCNc1c2cc(Cl)ccc2nc2ccc(Nc3ccc(Cl)cc3)cc12. The summed E-state index contributed by atoms with van der Waals surface area (Å²) in [5.41, 5.74) is 3.87. The summed E-state index contributed by atoms with van der Waals surface area (Å²) >= 11 is 12.3. The highest BCUT2D eigenvalue weighted by molar-refractivity contribution is 6.31. The van der Waals surface area contributed by atoms with Crippen LogP contribution in [0.1, 0.15) is 20.8 Å². The van der Waals surface area contributed by atoms with E-state index < -0.39 is 11.7 Å². The largest absolute Gasteiger partial charge is 0.444 e. The minimum absolute atomic E-state index is 0.392. The van der Waals surface area contributed by atoms with Crippen molar-refractivity contribution in [3.05, 3.63) is 70.7 Å². The minimum Gasteiger partial charge on any atom is -0.444 e. The Bertz CT molecular complexity index is 1330. The van der Waals surface area contributed by atoms with E-state index in [0.29, 0.717) is 23.1 Å². The molecule has 3 N–H and O–H groups in total. The fourth-order valence-electron chi connectivity index (χ4n) is 3.55. The zero-order chi connectivity index (χ0) is 24.3. The molecule has 6 nitrogen and oxygen atoms in total. The predicted molar refractivity (Wildman–Crippen MR) is 142 cm³/mol. The Morgan fingerprint density at radius 1 is 0.853 bits per heavy atom. The molecule has 0 saturated heterocycles. The number of rotatable bonds is 6. The molecule has 176 valence electrons. The smallest absolute Gasteiger partial charge is 0.407 e. The third kappa shape index (κ3) is 6.01. The Kier molecular flexibility index (Phi) is 7.00. The van der Waals surface area contributed by atoms with E-state index in [2.05, 4.69) is 16.0 Å². The van der Waals surface area contributed by atoms with Crippen LogP contribution >= 0.6 is 23.2 Å². The second-order valence-electron chi connectivity index (χ2n) is 8.87. The standard InChI is InChI=1S/C26H26Cl2N4O2/c1-26(2,3)34-25(33)30-13-12-29-24-20-14-17(28)6-10-22(20)32-23-11-9-19(15-21(23)24)31-18-7-4-16(27)5-8-18/h4-11,14-15,31H,12-13H2,1-3H3,(H,29,32)(H,30,33). The summed E-state index contributed by atoms with van der Waals surface area (Å²) in [6.45, 7) is 6.39. The number of carbonyl (C=O) groups excluding carboxylic acids is 1. The molecule has 1 amide bonds. The lowest BCUT2D eigenvalue weighted by atomic mass is 10.1. The number of anilines is 3. The first-order valence-electron chi connectivity index (χ1n) is 10.9. The van der Waals surface area contributed by atoms with E-state index in [9.17, 15) is 4.79 Å². The molecule has 0 radical (unpaired) electrons. The molecule has 34 heavy (non-hydrogen) atoms. The quantitative estimate of drug-likeness (QED) is 0.192. The van der Waals surface area contributed by atoms with Crippen LogP contribution in [0.2, 0.25) is 10.0 Å². The van der Waals surface area contributed by atoms with E-state index in [1.165, 1.54) is 0 Å². The lowest BCUT2D eigenvalue weighted by molar-refractivity contribution is 0.0530. The third-order valence-corrected chi connectivity index (χ3v) is 5.45. The lowest BCUT2D eigenvalue weighted by Gasteiger charge is -2.20. The average molecular weight is 497 g/mol. The van der Waals surface area contributed by atoms with E-state index in [1.807, 2.05) is 81.4 Å². The first-order valence-corrected chi connectivity index (χ1v) is 11.7. The normalized spacial score (nSPS) is 11.4. The maximum atomic E-state index is 12.0. The number of hydrogen-bond donors (Lipinski definition) is 3. The first-order chi connectivity index (χ1) is 16.2. The highest BCUT2D eigenvalue weighted by Gasteiger charge is 2.16. The van der Waals surface area contributed by atoms with Crippen LogP contribution < -0.4 is 16.0 Å². The van der Waals surface area contributed by atoms with Gasteiger partial charge in [0.1, 0.15) is 5.60 Å². The minimum atomic E-state index is -0.542. The van der Waals surface area contributed by atoms with Gasteiger partial charge in [-0.25, -0.2) is 9.78 Å². The molecule has 1 heterocycles. The number of carbonyl (C=O) groups is 1. The molecule has 4 rings (SSSR count). The van der Waals surface area contributed by atoms with Crippen LogP contribution in [0, 0.1) is 0 Å². The van der Waals surface area contributed by atoms with Gasteiger partial charge in [0.05, 0.1) is 16.7 Å². The van der Waals surface area contributed by atoms with E-state index in [0.717, 1.165) is 38.9 Å². The molecular weight excluding hydrogens is 471 g/mol. The number of amides is 1. The van der Waals surface area contributed by atoms with Crippen molar-refractivity contribution in [1.29, 1.82) is 0 Å². The number of halogens is 2. The van der Waals surface area contributed by atoms with E-state index >= 15 is 0 Å². The zero-order valence-electron chi connectivity index (χ0n) is 19.2. The van der Waals surface area contributed by atoms with Gasteiger partial charge in [0.2, 0.25) is 0 Å². The number of ether oxygens (including phenoxy) is 1. The third-order valence-electron chi connectivity index (χ3n) is 4.96. The maximum Gasteiger partial charge on any atom is 0.407 e. The number of nitrogens with zero attached hydrogens (tertiary/aromatic N) is 1. The zero-order valence-corrected chi connectivity index (χ0v) is 20.7. The maximum absolute atomic E-state index is 12.0. The average Bonchev–Trinajstić information content (AvgIpc) is 2.77. The second-order valence-corrected chi connectivity index (χ2v) is 9.74. The van der Waals surface area contributed by atoms with Crippen LogP contribution in [0.4, 0.5) is 21.9 Å². The number of fused-ring (bicyclic) bond motifs is 2. The van der Waals surface area contributed by atoms with Crippen LogP contribution in [0.25, 0.3) is 21.8 Å². The Balaban J connectivity index is 1.62. The van der Waals surface area contributed by atoms with Gasteiger partial charge in [-0.05, 0) is 81.4 Å². The fourth-order valence-corrected chi connectivity index (χ4v) is 3.85. The van der Waals surface area contributed by atoms with Crippen molar-refractivity contribution in [2.45, 2.75) is 26.4 Å². The number of pyridine rings is 1. The summed E-state index contributed by atoms with van der Waals surface area (Å²) in [6, 6.07) is 19.2. The monoisotopic (exact) mass is 496 g/mol. The van der Waals surface area contributed by atoms with Crippen molar-refractivity contribution in [3.63, 3.8) is 0 Å². The van der Waals surface area contributed by atoms with Gasteiger partial charge in [-0.15, -0.1) is 0 Å². The van der Waals surface area contributed by atoms with Gasteiger partial charge in [-0.3, -0.25) is 0 Å². The number of nitrogens with one attached hydrogen (secondary N) is 3. The summed E-state index contributed by atoms with van der Waals surface area (Å²) in [7, 11) is 0. The van der Waals surface area contributed by atoms with Gasteiger partial charge in [-0.1, -0.05) is 23.2 Å². The van der Waals surface area contributed by atoms with E-state index in [1.54, 1.807) is 0 Å². The van der Waals surface area contributed by atoms with Gasteiger partial charge in [0, 0.05) is 45.3 Å². The molecule has 1 aromatic heterocycles. The molecule has 8 heteroatoms. The Labute approximate surface area is 208 Å². The molecule has 0 aliphatic heterocycles. The van der Waals surface area contributed by atoms with Gasteiger partial charge < -0.3 is 20.7 Å². The van der Waals surface area contributed by atoms with Crippen LogP contribution in [-0.4, -0.2) is 29.8 Å². The Morgan fingerprint density at radius 2 is 1.47 bits per heavy atom. The molecule has 0 aliphatic rings. The fraction of sp³-hybridized carbons (Fsp3) is 0.231. The summed E-state index contributed by atoms with van der Waals surface area (Å²) in [5.74, 6) is 0. The van der Waals surface area contributed by atoms with Gasteiger partial charge >= 0.3 is 6.09 Å². The molecule has 0 unspecified atom stereocenters. The highest BCUT2D eigenvalue weighted by atomic mass is 35.5. The summed E-state index contributed by atoms with van der Waals surface area (Å²) in [4.78, 5) is 16.8. The highest BCUT2D eigenvalue weighted by Crippen LogP contribution is 2.34. The van der Waals surface area contributed by atoms with Gasteiger partial charge in [0.15, 0.2) is 0 Å². The molecule has 0 bridgehead atoms. The van der Waals surface area contributed by atoms with E-state index in [-0.39, 0.29) is 0 Å². The van der Waals surface area contributed by atoms with Crippen molar-refractivity contribution >= 4 is 68.2 Å². The first kappa shape index (κ1) is 23.9. The van der Waals surface area contributed by atoms with Crippen molar-refractivity contribution in [3.8, 4) is 0 Å². The van der Waals surface area contributed by atoms with Gasteiger partial charge in [0.25, 0.3) is 0 Å². The van der Waals surface area contributed by atoms with E-state index in [4.69, 9.17) is 32.9 Å². The number of benzene rings is 3. The van der Waals surface area contributed by atoms with Crippen LogP contribution in [-0.2, 0) is 4.74 Å². The van der Waals surface area contributed by atoms with Crippen LogP contribution in [0.5, 0.6) is 0 Å². The molecule has 0 aliphatic carbocycles. The van der Waals surface area contributed by atoms with Crippen molar-refractivity contribution in [2.75, 3.05) is 23.7 Å². The molecule has 3 aromatic carbocycles.